The third-order valence-corrected chi connectivity index (χ3v) is 3.29. The number of aldehydes is 1. The molecule has 0 fully saturated rings. The summed E-state index contributed by atoms with van der Waals surface area (Å²) in [5.74, 6) is -0.110. The molecule has 1 unspecified atom stereocenters. The number of carbonyl (C=O) groups excluding carboxylic acids is 2. The van der Waals surface area contributed by atoms with Crippen molar-refractivity contribution in [2.75, 3.05) is 0 Å². The fraction of sp³-hybridized carbons (Fsp3) is 0.158. The van der Waals surface area contributed by atoms with E-state index in [0.29, 0.717) is 12.0 Å². The summed E-state index contributed by atoms with van der Waals surface area (Å²) < 4.78 is 0. The zero-order valence-electron chi connectivity index (χ0n) is 12.2. The van der Waals surface area contributed by atoms with Crippen LogP contribution in [0.25, 0.3) is 6.08 Å². The Morgan fingerprint density at radius 1 is 1.00 bits per heavy atom. The highest BCUT2D eigenvalue weighted by Crippen LogP contribution is 2.09. The fourth-order valence-electron chi connectivity index (χ4n) is 2.13. The Balaban J connectivity index is 1.85. The first-order chi connectivity index (χ1) is 10.7. The lowest BCUT2D eigenvalue weighted by Gasteiger charge is -2.08. The van der Waals surface area contributed by atoms with Gasteiger partial charge in [-0.3, -0.25) is 9.59 Å². The average molecular weight is 294 g/mol. The van der Waals surface area contributed by atoms with Gasteiger partial charge in [0.15, 0.2) is 5.78 Å². The smallest absolute Gasteiger partial charge is 0.158 e. The summed E-state index contributed by atoms with van der Waals surface area (Å²) in [6.45, 7) is 0. The van der Waals surface area contributed by atoms with Crippen LogP contribution >= 0.6 is 0 Å². The van der Waals surface area contributed by atoms with E-state index >= 15 is 0 Å². The van der Waals surface area contributed by atoms with E-state index in [1.807, 2.05) is 30.3 Å². The number of hydrogen-bond acceptors (Lipinski definition) is 3. The number of aliphatic hydroxyl groups is 1. The van der Waals surface area contributed by atoms with E-state index in [-0.39, 0.29) is 12.2 Å². The van der Waals surface area contributed by atoms with Gasteiger partial charge < -0.3 is 5.11 Å². The number of allylic oxidation sites excluding steroid dienone is 1. The minimum Gasteiger partial charge on any atom is -0.392 e. The van der Waals surface area contributed by atoms with Crippen molar-refractivity contribution >= 4 is 18.1 Å². The summed E-state index contributed by atoms with van der Waals surface area (Å²) in [5, 5.41) is 9.97. The summed E-state index contributed by atoms with van der Waals surface area (Å²) in [4.78, 5) is 22.4. The molecule has 0 aliphatic carbocycles. The highest BCUT2D eigenvalue weighted by atomic mass is 16.3. The first-order valence-corrected chi connectivity index (χ1v) is 7.15. The van der Waals surface area contributed by atoms with Gasteiger partial charge in [0, 0.05) is 12.0 Å². The van der Waals surface area contributed by atoms with E-state index in [4.69, 9.17) is 0 Å². The predicted octanol–water partition coefficient (Wildman–Crippen LogP) is 3.08. The highest BCUT2D eigenvalue weighted by Gasteiger charge is 2.09. The van der Waals surface area contributed by atoms with Crippen molar-refractivity contribution in [3.8, 4) is 0 Å². The fourth-order valence-corrected chi connectivity index (χ4v) is 2.13. The van der Waals surface area contributed by atoms with Crippen molar-refractivity contribution in [3.63, 3.8) is 0 Å². The Morgan fingerprint density at radius 3 is 2.32 bits per heavy atom. The van der Waals surface area contributed by atoms with Crippen LogP contribution in [0.1, 0.15) is 27.9 Å². The summed E-state index contributed by atoms with van der Waals surface area (Å²) in [5.41, 5.74) is 2.45. The maximum absolute atomic E-state index is 11.8. The van der Waals surface area contributed by atoms with Crippen molar-refractivity contribution in [2.45, 2.75) is 18.9 Å². The number of aliphatic hydroxyl groups excluding tert-OH is 1. The topological polar surface area (TPSA) is 54.4 Å². The number of ketones is 1. The van der Waals surface area contributed by atoms with E-state index in [1.54, 1.807) is 30.3 Å². The molecule has 1 N–H and O–H groups in total. The second kappa shape index (κ2) is 8.05. The number of carbonyl (C=O) groups is 2. The molecule has 22 heavy (non-hydrogen) atoms. The molecule has 3 heteroatoms. The van der Waals surface area contributed by atoms with Crippen molar-refractivity contribution in [1.82, 2.24) is 0 Å². The third-order valence-electron chi connectivity index (χ3n) is 3.29. The maximum atomic E-state index is 11.8. The molecule has 0 amide bonds. The minimum atomic E-state index is -0.727. The molecule has 112 valence electrons. The van der Waals surface area contributed by atoms with Gasteiger partial charge in [0.05, 0.1) is 6.10 Å². The van der Waals surface area contributed by atoms with Crippen LogP contribution in [0, 0.1) is 0 Å². The van der Waals surface area contributed by atoms with E-state index in [0.717, 1.165) is 17.4 Å². The molecule has 0 heterocycles. The molecular weight excluding hydrogens is 276 g/mol. The molecule has 2 aromatic rings. The summed E-state index contributed by atoms with van der Waals surface area (Å²) in [6, 6.07) is 16.5. The zero-order chi connectivity index (χ0) is 15.8. The summed E-state index contributed by atoms with van der Waals surface area (Å²) >= 11 is 0. The Kier molecular flexibility index (Phi) is 5.81. The normalized spacial score (nSPS) is 12.2. The molecule has 1 atom stereocenters. The third kappa shape index (κ3) is 5.11. The molecule has 0 bridgehead atoms. The molecule has 0 aromatic heterocycles. The van der Waals surface area contributed by atoms with Crippen LogP contribution in [0.4, 0.5) is 0 Å². The van der Waals surface area contributed by atoms with Gasteiger partial charge in [0.25, 0.3) is 0 Å². The molecule has 0 spiro atoms. The van der Waals surface area contributed by atoms with Gasteiger partial charge in [0.2, 0.25) is 0 Å². The Morgan fingerprint density at radius 2 is 1.68 bits per heavy atom. The van der Waals surface area contributed by atoms with Crippen LogP contribution in [0.5, 0.6) is 0 Å². The average Bonchev–Trinajstić information content (AvgIpc) is 2.54. The summed E-state index contributed by atoms with van der Waals surface area (Å²) in [6.07, 6.45) is 3.76. The quantitative estimate of drug-likeness (QED) is 0.630. The SMILES string of the molecule is O=Cc1ccc(CC(O)CC(=O)/C=C/c2ccccc2)cc1. The standard InChI is InChI=1S/C19H18O3/c20-14-17-8-6-16(7-9-17)12-19(22)13-18(21)11-10-15-4-2-1-3-5-15/h1-11,14,19,22H,12-13H2/b11-10+. The molecule has 0 aliphatic rings. The largest absolute Gasteiger partial charge is 0.392 e. The van der Waals surface area contributed by atoms with E-state index in [9.17, 15) is 14.7 Å². The van der Waals surface area contributed by atoms with Gasteiger partial charge in [0.1, 0.15) is 6.29 Å². The van der Waals surface area contributed by atoms with Crippen LogP contribution in [0.2, 0.25) is 0 Å². The van der Waals surface area contributed by atoms with Crippen molar-refractivity contribution in [1.29, 1.82) is 0 Å². The lowest BCUT2D eigenvalue weighted by atomic mass is 10.0. The van der Waals surface area contributed by atoms with Gasteiger partial charge >= 0.3 is 0 Å². The van der Waals surface area contributed by atoms with Gasteiger partial charge in [-0.25, -0.2) is 0 Å². The zero-order valence-corrected chi connectivity index (χ0v) is 12.2. The molecule has 2 aromatic carbocycles. The van der Waals surface area contributed by atoms with Crippen LogP contribution < -0.4 is 0 Å². The second-order valence-corrected chi connectivity index (χ2v) is 5.13. The second-order valence-electron chi connectivity index (χ2n) is 5.13. The van der Waals surface area contributed by atoms with Crippen LogP contribution in [0.15, 0.2) is 60.7 Å². The lowest BCUT2D eigenvalue weighted by Crippen LogP contribution is -2.14. The monoisotopic (exact) mass is 294 g/mol. The Bertz CT molecular complexity index is 642. The maximum Gasteiger partial charge on any atom is 0.158 e. The lowest BCUT2D eigenvalue weighted by molar-refractivity contribution is -0.116. The molecule has 0 radical (unpaired) electrons. The van der Waals surface area contributed by atoms with Crippen LogP contribution in [-0.2, 0) is 11.2 Å². The van der Waals surface area contributed by atoms with Crippen LogP contribution in [-0.4, -0.2) is 23.3 Å². The number of benzene rings is 2. The Labute approximate surface area is 129 Å². The Hall–Kier alpha value is -2.52. The molecule has 0 saturated heterocycles. The van der Waals surface area contributed by atoms with Crippen LogP contribution in [0.3, 0.4) is 0 Å². The summed E-state index contributed by atoms with van der Waals surface area (Å²) in [7, 11) is 0. The first kappa shape index (κ1) is 15.9. The van der Waals surface area contributed by atoms with Crippen molar-refractivity contribution in [2.24, 2.45) is 0 Å². The van der Waals surface area contributed by atoms with Gasteiger partial charge in [-0.05, 0) is 23.6 Å². The molecule has 0 saturated carbocycles. The van der Waals surface area contributed by atoms with E-state index < -0.39 is 6.10 Å². The van der Waals surface area contributed by atoms with Gasteiger partial charge in [-0.2, -0.15) is 0 Å². The van der Waals surface area contributed by atoms with Gasteiger partial charge in [-0.15, -0.1) is 0 Å². The predicted molar refractivity (Wildman–Crippen MR) is 86.6 cm³/mol. The molecule has 3 nitrogen and oxygen atoms in total. The highest BCUT2D eigenvalue weighted by molar-refractivity contribution is 5.93. The van der Waals surface area contributed by atoms with E-state index in [1.165, 1.54) is 6.08 Å². The van der Waals surface area contributed by atoms with Crippen molar-refractivity contribution in [3.05, 3.63) is 77.4 Å². The number of hydrogen-bond donors (Lipinski definition) is 1. The van der Waals surface area contributed by atoms with Gasteiger partial charge in [-0.1, -0.05) is 60.7 Å². The van der Waals surface area contributed by atoms with Crippen molar-refractivity contribution < 1.29 is 14.7 Å². The first-order valence-electron chi connectivity index (χ1n) is 7.15. The minimum absolute atomic E-state index is 0.0821. The molecule has 0 aliphatic heterocycles. The number of rotatable bonds is 7. The molecule has 2 rings (SSSR count). The molecular formula is C19H18O3. The van der Waals surface area contributed by atoms with E-state index in [2.05, 4.69) is 0 Å².